The van der Waals surface area contributed by atoms with Crippen LogP contribution >= 0.6 is 0 Å². The van der Waals surface area contributed by atoms with Crippen molar-refractivity contribution in [3.8, 4) is 0 Å². The lowest BCUT2D eigenvalue weighted by Crippen LogP contribution is -2.42. The normalized spacial score (nSPS) is 18.4. The first-order chi connectivity index (χ1) is 15.5. The molecule has 0 bridgehead atoms. The molecule has 3 aromatic rings. The highest BCUT2D eigenvalue weighted by Gasteiger charge is 2.22. The fourth-order valence-electron chi connectivity index (χ4n) is 4.99. The van der Waals surface area contributed by atoms with Gasteiger partial charge in [-0.05, 0) is 50.9 Å². The fourth-order valence-corrected chi connectivity index (χ4v) is 4.99. The molecule has 1 fully saturated rings. The van der Waals surface area contributed by atoms with E-state index in [4.69, 9.17) is 4.99 Å². The van der Waals surface area contributed by atoms with Crippen LogP contribution in [0.2, 0.25) is 0 Å². The molecular formula is C25H31FN6. The van der Waals surface area contributed by atoms with Gasteiger partial charge in [-0.3, -0.25) is 4.99 Å². The van der Waals surface area contributed by atoms with Crippen molar-refractivity contribution in [1.82, 2.24) is 19.9 Å². The molecule has 0 aliphatic carbocycles. The molecule has 2 aromatic heterocycles. The number of allylic oxidation sites excluding steroid dienone is 1. The summed E-state index contributed by atoms with van der Waals surface area (Å²) in [5, 5.41) is 4.83. The summed E-state index contributed by atoms with van der Waals surface area (Å²) in [6, 6.07) is 7.26. The Bertz CT molecular complexity index is 1190. The summed E-state index contributed by atoms with van der Waals surface area (Å²) in [7, 11) is 0. The molecule has 168 valence electrons. The molecule has 0 radical (unpaired) electrons. The third-order valence-corrected chi connectivity index (χ3v) is 6.51. The Morgan fingerprint density at radius 2 is 2.06 bits per heavy atom. The smallest absolute Gasteiger partial charge is 0.169 e. The van der Waals surface area contributed by atoms with Crippen molar-refractivity contribution in [2.45, 2.75) is 52.7 Å². The number of aromatic amines is 1. The number of nitrogens with one attached hydrogen (secondary N) is 2. The van der Waals surface area contributed by atoms with Crippen LogP contribution in [0.1, 0.15) is 42.5 Å². The second kappa shape index (κ2) is 8.54. The van der Waals surface area contributed by atoms with E-state index in [1.54, 1.807) is 0 Å². The van der Waals surface area contributed by atoms with Crippen molar-refractivity contribution in [2.75, 3.05) is 24.5 Å². The van der Waals surface area contributed by atoms with Crippen molar-refractivity contribution < 1.29 is 4.39 Å². The van der Waals surface area contributed by atoms with E-state index in [0.29, 0.717) is 25.0 Å². The highest BCUT2D eigenvalue weighted by Crippen LogP contribution is 2.32. The third-order valence-electron chi connectivity index (χ3n) is 6.51. The lowest BCUT2D eigenvalue weighted by molar-refractivity contribution is 0.424. The first-order valence-electron chi connectivity index (χ1n) is 11.6. The van der Waals surface area contributed by atoms with E-state index < -0.39 is 0 Å². The molecule has 6 nitrogen and oxygen atoms in total. The van der Waals surface area contributed by atoms with Crippen molar-refractivity contribution in [1.29, 1.82) is 0 Å². The molecule has 1 saturated heterocycles. The van der Waals surface area contributed by atoms with Crippen molar-refractivity contribution in [3.63, 3.8) is 0 Å². The van der Waals surface area contributed by atoms with E-state index in [1.807, 2.05) is 17.7 Å². The zero-order valence-corrected chi connectivity index (χ0v) is 19.1. The number of imidazole rings is 1. The Morgan fingerprint density at radius 1 is 1.25 bits per heavy atom. The lowest BCUT2D eigenvalue weighted by atomic mass is 10.0. The maximum Gasteiger partial charge on any atom is 0.169 e. The quantitative estimate of drug-likeness (QED) is 0.620. The number of hydrogen-bond donors (Lipinski definition) is 2. The van der Waals surface area contributed by atoms with Gasteiger partial charge in [-0.15, -0.1) is 0 Å². The summed E-state index contributed by atoms with van der Waals surface area (Å²) in [6.07, 6.45) is 5.73. The summed E-state index contributed by atoms with van der Waals surface area (Å²) in [5.74, 6) is 0.0753. The maximum absolute atomic E-state index is 14.4. The molecule has 2 aliphatic rings. The second-order valence-corrected chi connectivity index (χ2v) is 8.94. The van der Waals surface area contributed by atoms with Crippen LogP contribution in [-0.4, -0.2) is 45.9 Å². The third kappa shape index (κ3) is 3.97. The first-order valence-corrected chi connectivity index (χ1v) is 11.6. The molecule has 0 spiro atoms. The zero-order chi connectivity index (χ0) is 22.2. The molecule has 4 heterocycles. The Kier molecular flexibility index (Phi) is 5.59. The lowest BCUT2D eigenvalue weighted by Gasteiger charge is -2.34. The minimum Gasteiger partial charge on any atom is -0.371 e. The summed E-state index contributed by atoms with van der Waals surface area (Å²) in [4.78, 5) is 15.0. The number of piperidine rings is 1. The number of aryl methyl sites for hydroxylation is 2. The average molecular weight is 435 g/mol. The molecule has 0 atom stereocenters. The van der Waals surface area contributed by atoms with Crippen LogP contribution in [0.4, 0.5) is 10.1 Å². The van der Waals surface area contributed by atoms with Gasteiger partial charge in [-0.25, -0.2) is 9.37 Å². The maximum atomic E-state index is 14.4. The van der Waals surface area contributed by atoms with Crippen LogP contribution in [-0.2, 0) is 13.1 Å². The number of hydrogen-bond acceptors (Lipinski definition) is 4. The number of anilines is 1. The number of H-pyrrole nitrogens is 1. The Morgan fingerprint density at radius 3 is 2.84 bits per heavy atom. The number of fused-ring (bicyclic) bond motifs is 2. The standard InChI is InChI=1S/C25H31FN6/c1-4-27-19-7-9-31(10-8-19)23-6-5-18(24-21(23)11-16(2)29-24)13-28-20-12-22(26)25-30-17(3)14-32(25)15-20/h5-6,11-12,14,19,27,29H,4,7-10,13,15H2,1-3H3/b28-20+. The van der Waals surface area contributed by atoms with Crippen LogP contribution < -0.4 is 10.2 Å². The van der Waals surface area contributed by atoms with E-state index in [1.165, 1.54) is 30.0 Å². The van der Waals surface area contributed by atoms with Gasteiger partial charge in [0.1, 0.15) is 0 Å². The van der Waals surface area contributed by atoms with Crippen molar-refractivity contribution in [3.05, 3.63) is 53.2 Å². The van der Waals surface area contributed by atoms with Gasteiger partial charge in [0.05, 0.1) is 30.0 Å². The van der Waals surface area contributed by atoms with E-state index in [0.717, 1.165) is 47.8 Å². The Hall–Kier alpha value is -2.93. The molecule has 32 heavy (non-hydrogen) atoms. The molecule has 7 heteroatoms. The largest absolute Gasteiger partial charge is 0.371 e. The summed E-state index contributed by atoms with van der Waals surface area (Å²) in [5.41, 5.74) is 6.26. The minimum absolute atomic E-state index is 0.319. The number of nitrogens with zero attached hydrogens (tertiary/aromatic N) is 4. The molecule has 0 unspecified atom stereocenters. The van der Waals surface area contributed by atoms with Gasteiger partial charge < -0.3 is 19.8 Å². The molecule has 0 amide bonds. The van der Waals surface area contributed by atoms with Gasteiger partial charge in [0.2, 0.25) is 0 Å². The van der Waals surface area contributed by atoms with E-state index >= 15 is 0 Å². The molecular weight excluding hydrogens is 403 g/mol. The van der Waals surface area contributed by atoms with E-state index in [2.05, 4.69) is 52.2 Å². The van der Waals surface area contributed by atoms with Crippen LogP contribution in [0, 0.1) is 13.8 Å². The topological polar surface area (TPSA) is 61.2 Å². The average Bonchev–Trinajstić information content (AvgIpc) is 3.35. The first kappa shape index (κ1) is 20.9. The second-order valence-electron chi connectivity index (χ2n) is 8.94. The Labute approximate surface area is 188 Å². The van der Waals surface area contributed by atoms with Gasteiger partial charge in [0.25, 0.3) is 0 Å². The predicted molar refractivity (Wildman–Crippen MR) is 129 cm³/mol. The molecule has 2 aliphatic heterocycles. The van der Waals surface area contributed by atoms with Crippen molar-refractivity contribution in [2.24, 2.45) is 4.99 Å². The van der Waals surface area contributed by atoms with Crippen molar-refractivity contribution >= 4 is 28.1 Å². The highest BCUT2D eigenvalue weighted by atomic mass is 19.1. The number of halogens is 1. The monoisotopic (exact) mass is 434 g/mol. The number of aliphatic imine (C=N–C) groups is 1. The number of rotatable bonds is 5. The van der Waals surface area contributed by atoms with Crippen LogP contribution in [0.3, 0.4) is 0 Å². The van der Waals surface area contributed by atoms with E-state index in [9.17, 15) is 4.39 Å². The summed E-state index contributed by atoms with van der Waals surface area (Å²) in [6.45, 7) is 10.4. The minimum atomic E-state index is -0.319. The molecule has 0 saturated carbocycles. The zero-order valence-electron chi connectivity index (χ0n) is 19.1. The molecule has 2 N–H and O–H groups in total. The summed E-state index contributed by atoms with van der Waals surface area (Å²) < 4.78 is 16.3. The van der Waals surface area contributed by atoms with Crippen LogP contribution in [0.25, 0.3) is 16.7 Å². The van der Waals surface area contributed by atoms with Gasteiger partial charge in [-0.2, -0.15) is 0 Å². The van der Waals surface area contributed by atoms with Gasteiger partial charge in [0.15, 0.2) is 11.7 Å². The Balaban J connectivity index is 1.39. The molecule has 1 aromatic carbocycles. The molecule has 5 rings (SSSR count). The van der Waals surface area contributed by atoms with Gasteiger partial charge >= 0.3 is 0 Å². The van der Waals surface area contributed by atoms with Crippen LogP contribution in [0.5, 0.6) is 0 Å². The van der Waals surface area contributed by atoms with Gasteiger partial charge in [-0.1, -0.05) is 13.0 Å². The fraction of sp³-hybridized carbons (Fsp3) is 0.440. The highest BCUT2D eigenvalue weighted by molar-refractivity contribution is 6.01. The van der Waals surface area contributed by atoms with Gasteiger partial charge in [0, 0.05) is 48.2 Å². The number of benzene rings is 1. The number of aromatic nitrogens is 3. The summed E-state index contributed by atoms with van der Waals surface area (Å²) >= 11 is 0. The predicted octanol–water partition coefficient (Wildman–Crippen LogP) is 4.52. The SMILES string of the molecule is CCNC1CCN(c2ccc(C/N=C3\C=C(F)c4nc(C)cn4C3)c3[nH]c(C)cc23)CC1. The van der Waals surface area contributed by atoms with Crippen LogP contribution in [0.15, 0.2) is 35.5 Å². The van der Waals surface area contributed by atoms with E-state index in [-0.39, 0.29) is 5.83 Å².